The number of benzene rings is 1. The van der Waals surface area contributed by atoms with E-state index in [9.17, 15) is 10.2 Å². The maximum Gasteiger partial charge on any atom is 0.122 e. The SMILES string of the molecule is CCOCCc1c(C)c(O)c2c(c1COCC)CC(C)(CO)C2. The van der Waals surface area contributed by atoms with E-state index >= 15 is 0 Å². The Labute approximate surface area is 139 Å². The van der Waals surface area contributed by atoms with Crippen LogP contribution in [-0.4, -0.2) is 36.6 Å². The topological polar surface area (TPSA) is 58.9 Å². The van der Waals surface area contributed by atoms with E-state index in [1.54, 1.807) is 0 Å². The van der Waals surface area contributed by atoms with Crippen molar-refractivity contribution >= 4 is 0 Å². The van der Waals surface area contributed by atoms with Crippen LogP contribution in [-0.2, 0) is 35.3 Å². The molecule has 0 radical (unpaired) electrons. The fourth-order valence-electron chi connectivity index (χ4n) is 3.57. The van der Waals surface area contributed by atoms with Gasteiger partial charge < -0.3 is 19.7 Å². The van der Waals surface area contributed by atoms with Gasteiger partial charge in [-0.15, -0.1) is 0 Å². The van der Waals surface area contributed by atoms with Gasteiger partial charge in [-0.2, -0.15) is 0 Å². The first-order valence-corrected chi connectivity index (χ1v) is 8.58. The van der Waals surface area contributed by atoms with Crippen LogP contribution in [0.25, 0.3) is 0 Å². The van der Waals surface area contributed by atoms with Crippen molar-refractivity contribution < 1.29 is 19.7 Å². The van der Waals surface area contributed by atoms with Gasteiger partial charge in [0.25, 0.3) is 0 Å². The zero-order valence-corrected chi connectivity index (χ0v) is 14.9. The lowest BCUT2D eigenvalue weighted by Gasteiger charge is -2.20. The lowest BCUT2D eigenvalue weighted by molar-refractivity contribution is 0.129. The Morgan fingerprint density at radius 3 is 2.30 bits per heavy atom. The number of aliphatic hydroxyl groups is 1. The highest BCUT2D eigenvalue weighted by atomic mass is 16.5. The molecule has 0 amide bonds. The molecule has 0 bridgehead atoms. The van der Waals surface area contributed by atoms with E-state index in [-0.39, 0.29) is 12.0 Å². The largest absolute Gasteiger partial charge is 0.507 e. The van der Waals surface area contributed by atoms with Crippen LogP contribution in [0.2, 0.25) is 0 Å². The van der Waals surface area contributed by atoms with Crippen molar-refractivity contribution in [3.05, 3.63) is 27.8 Å². The highest BCUT2D eigenvalue weighted by Crippen LogP contribution is 2.45. The molecule has 4 nitrogen and oxygen atoms in total. The number of fused-ring (bicyclic) bond motifs is 1. The number of phenols is 1. The van der Waals surface area contributed by atoms with Crippen LogP contribution in [0, 0.1) is 12.3 Å². The average Bonchev–Trinajstić information content (AvgIpc) is 2.90. The maximum atomic E-state index is 10.7. The van der Waals surface area contributed by atoms with Crippen molar-refractivity contribution in [1.29, 1.82) is 0 Å². The summed E-state index contributed by atoms with van der Waals surface area (Å²) in [6.45, 7) is 10.7. The zero-order chi connectivity index (χ0) is 17.0. The number of hydrogen-bond acceptors (Lipinski definition) is 4. The van der Waals surface area contributed by atoms with E-state index in [4.69, 9.17) is 9.47 Å². The normalized spacial score (nSPS) is 20.0. The first-order chi connectivity index (χ1) is 11.0. The van der Waals surface area contributed by atoms with Gasteiger partial charge >= 0.3 is 0 Å². The second-order valence-corrected chi connectivity index (χ2v) is 6.79. The summed E-state index contributed by atoms with van der Waals surface area (Å²) in [6.07, 6.45) is 2.28. The minimum Gasteiger partial charge on any atom is -0.507 e. The van der Waals surface area contributed by atoms with E-state index in [0.29, 0.717) is 32.2 Å². The predicted molar refractivity (Wildman–Crippen MR) is 91.0 cm³/mol. The molecule has 0 fully saturated rings. The molecule has 2 rings (SSSR count). The van der Waals surface area contributed by atoms with Crippen molar-refractivity contribution in [1.82, 2.24) is 0 Å². The quantitative estimate of drug-likeness (QED) is 0.723. The smallest absolute Gasteiger partial charge is 0.122 e. The first kappa shape index (κ1) is 18.2. The average molecular weight is 322 g/mol. The molecule has 0 spiro atoms. The number of aromatic hydroxyl groups is 1. The zero-order valence-electron chi connectivity index (χ0n) is 14.9. The second kappa shape index (κ2) is 7.65. The van der Waals surface area contributed by atoms with E-state index in [2.05, 4.69) is 6.92 Å². The molecule has 1 atom stereocenters. The van der Waals surface area contributed by atoms with Crippen molar-refractivity contribution in [3.63, 3.8) is 0 Å². The maximum absolute atomic E-state index is 10.7. The van der Waals surface area contributed by atoms with E-state index < -0.39 is 0 Å². The Kier molecular flexibility index (Phi) is 6.06. The van der Waals surface area contributed by atoms with Gasteiger partial charge in [-0.1, -0.05) is 6.92 Å². The van der Waals surface area contributed by atoms with E-state index in [0.717, 1.165) is 36.0 Å². The summed E-state index contributed by atoms with van der Waals surface area (Å²) in [4.78, 5) is 0. The molecule has 0 saturated carbocycles. The summed E-state index contributed by atoms with van der Waals surface area (Å²) in [5.41, 5.74) is 5.24. The van der Waals surface area contributed by atoms with Gasteiger partial charge in [0.15, 0.2) is 0 Å². The Balaban J connectivity index is 2.46. The number of rotatable bonds is 8. The highest BCUT2D eigenvalue weighted by molar-refractivity contribution is 5.57. The minimum absolute atomic E-state index is 0.128. The molecule has 1 aromatic rings. The Hall–Kier alpha value is -1.10. The standard InChI is InChI=1S/C19H30O4/c1-5-22-8-7-14-13(3)18(21)16-10-19(4,12-20)9-15(16)17(14)11-23-6-2/h20-21H,5-12H2,1-4H3. The Morgan fingerprint density at radius 2 is 1.70 bits per heavy atom. The number of aliphatic hydroxyl groups excluding tert-OH is 1. The van der Waals surface area contributed by atoms with Crippen LogP contribution in [0.15, 0.2) is 0 Å². The molecule has 0 saturated heterocycles. The van der Waals surface area contributed by atoms with Crippen molar-refractivity contribution in [2.75, 3.05) is 26.4 Å². The summed E-state index contributed by atoms with van der Waals surface area (Å²) < 4.78 is 11.2. The molecule has 0 aromatic heterocycles. The van der Waals surface area contributed by atoms with E-state index in [1.807, 2.05) is 20.8 Å². The number of phenolic OH excluding ortho intramolecular Hbond substituents is 1. The van der Waals surface area contributed by atoms with Crippen molar-refractivity contribution in [2.24, 2.45) is 5.41 Å². The van der Waals surface area contributed by atoms with Gasteiger partial charge in [0.2, 0.25) is 0 Å². The molecule has 4 heteroatoms. The van der Waals surface area contributed by atoms with Crippen LogP contribution in [0.5, 0.6) is 5.75 Å². The molecule has 130 valence electrons. The fourth-order valence-corrected chi connectivity index (χ4v) is 3.57. The number of ether oxygens (including phenoxy) is 2. The molecule has 1 aliphatic carbocycles. The van der Waals surface area contributed by atoms with Gasteiger partial charge in [-0.05, 0) is 73.3 Å². The number of hydrogen-bond donors (Lipinski definition) is 2. The van der Waals surface area contributed by atoms with Gasteiger partial charge in [0, 0.05) is 19.8 Å². The molecule has 0 heterocycles. The summed E-state index contributed by atoms with van der Waals surface area (Å²) >= 11 is 0. The van der Waals surface area contributed by atoms with Crippen LogP contribution < -0.4 is 0 Å². The van der Waals surface area contributed by atoms with Crippen LogP contribution in [0.4, 0.5) is 0 Å². The minimum atomic E-state index is -0.189. The van der Waals surface area contributed by atoms with Crippen LogP contribution >= 0.6 is 0 Å². The first-order valence-electron chi connectivity index (χ1n) is 8.58. The van der Waals surface area contributed by atoms with Crippen molar-refractivity contribution in [2.45, 2.75) is 53.6 Å². The van der Waals surface area contributed by atoms with Gasteiger partial charge in [0.1, 0.15) is 5.75 Å². The highest BCUT2D eigenvalue weighted by Gasteiger charge is 2.37. The van der Waals surface area contributed by atoms with Gasteiger partial charge in [0.05, 0.1) is 13.2 Å². The molecular weight excluding hydrogens is 292 g/mol. The summed E-state index contributed by atoms with van der Waals surface area (Å²) in [5.74, 6) is 0.393. The van der Waals surface area contributed by atoms with Gasteiger partial charge in [-0.25, -0.2) is 0 Å². The lowest BCUT2D eigenvalue weighted by atomic mass is 9.88. The summed E-state index contributed by atoms with van der Waals surface area (Å²) in [5, 5.41) is 20.4. The Bertz CT molecular complexity index is 553. The van der Waals surface area contributed by atoms with Crippen LogP contribution in [0.3, 0.4) is 0 Å². The summed E-state index contributed by atoms with van der Waals surface area (Å²) in [6, 6.07) is 0. The van der Waals surface area contributed by atoms with Gasteiger partial charge in [-0.3, -0.25) is 0 Å². The third-order valence-electron chi connectivity index (χ3n) is 4.93. The Morgan fingerprint density at radius 1 is 1.04 bits per heavy atom. The molecule has 1 unspecified atom stereocenters. The molecule has 1 aliphatic rings. The summed E-state index contributed by atoms with van der Waals surface area (Å²) in [7, 11) is 0. The van der Waals surface area contributed by atoms with E-state index in [1.165, 1.54) is 11.1 Å². The molecule has 23 heavy (non-hydrogen) atoms. The molecular formula is C19H30O4. The molecule has 1 aromatic carbocycles. The van der Waals surface area contributed by atoms with Crippen LogP contribution in [0.1, 0.15) is 48.6 Å². The lowest BCUT2D eigenvalue weighted by Crippen LogP contribution is -2.21. The predicted octanol–water partition coefficient (Wildman–Crippen LogP) is 2.91. The third kappa shape index (κ3) is 3.70. The monoisotopic (exact) mass is 322 g/mol. The third-order valence-corrected chi connectivity index (χ3v) is 4.93. The molecule has 0 aliphatic heterocycles. The fraction of sp³-hybridized carbons (Fsp3) is 0.684. The second-order valence-electron chi connectivity index (χ2n) is 6.79. The molecule has 2 N–H and O–H groups in total. The van der Waals surface area contributed by atoms with Crippen molar-refractivity contribution in [3.8, 4) is 5.75 Å².